The van der Waals surface area contributed by atoms with Gasteiger partial charge in [-0.05, 0) is 50.0 Å². The molecule has 2 amide bonds. The van der Waals surface area contributed by atoms with Gasteiger partial charge in [-0.1, -0.05) is 6.07 Å². The second kappa shape index (κ2) is 9.55. The van der Waals surface area contributed by atoms with E-state index in [1.165, 1.54) is 17.4 Å². The third-order valence-corrected chi connectivity index (χ3v) is 6.18. The molecule has 2 aromatic rings. The summed E-state index contributed by atoms with van der Waals surface area (Å²) >= 11 is 1.38. The van der Waals surface area contributed by atoms with E-state index in [0.717, 1.165) is 16.0 Å². The van der Waals surface area contributed by atoms with Crippen LogP contribution in [0.15, 0.2) is 30.6 Å². The van der Waals surface area contributed by atoms with Crippen LogP contribution in [0.4, 0.5) is 9.80 Å². The largest absolute Gasteiger partial charge is 0.446 e. The Labute approximate surface area is 180 Å². The van der Waals surface area contributed by atoms with Crippen LogP contribution >= 0.6 is 11.3 Å². The number of amides is 2. The third-order valence-electron chi connectivity index (χ3n) is 5.01. The molecule has 1 unspecified atom stereocenters. The van der Waals surface area contributed by atoms with Crippen LogP contribution in [0.1, 0.15) is 41.8 Å². The SMILES string of the molecule is CC(C)N(C)C(=O)OC1CCc2c(sc(NC(=O)C=Cc3cccnc3)c2C#N)C1. The van der Waals surface area contributed by atoms with Crippen LogP contribution in [0, 0.1) is 11.3 Å². The smallest absolute Gasteiger partial charge is 0.410 e. The summed E-state index contributed by atoms with van der Waals surface area (Å²) in [7, 11) is 1.72. The summed E-state index contributed by atoms with van der Waals surface area (Å²) in [6.07, 6.45) is 7.68. The minimum Gasteiger partial charge on any atom is -0.446 e. The number of rotatable bonds is 5. The number of hydrogen-bond donors (Lipinski definition) is 1. The van der Waals surface area contributed by atoms with Crippen molar-refractivity contribution in [3.05, 3.63) is 52.2 Å². The lowest BCUT2D eigenvalue weighted by atomic mass is 9.94. The first kappa shape index (κ1) is 21.5. The number of nitriles is 1. The van der Waals surface area contributed by atoms with E-state index in [1.807, 2.05) is 19.9 Å². The molecule has 0 bridgehead atoms. The summed E-state index contributed by atoms with van der Waals surface area (Å²) in [6.45, 7) is 3.85. The van der Waals surface area contributed by atoms with Crippen molar-refractivity contribution >= 4 is 34.4 Å². The second-order valence-electron chi connectivity index (χ2n) is 7.38. The van der Waals surface area contributed by atoms with Crippen LogP contribution in [-0.4, -0.2) is 41.1 Å². The Balaban J connectivity index is 1.69. The molecule has 156 valence electrons. The fraction of sp³-hybridized carbons (Fsp3) is 0.364. The van der Waals surface area contributed by atoms with Crippen molar-refractivity contribution < 1.29 is 14.3 Å². The second-order valence-corrected chi connectivity index (χ2v) is 8.49. The van der Waals surface area contributed by atoms with Crippen molar-refractivity contribution in [3.63, 3.8) is 0 Å². The van der Waals surface area contributed by atoms with Crippen molar-refractivity contribution in [2.75, 3.05) is 12.4 Å². The minimum atomic E-state index is -0.343. The van der Waals surface area contributed by atoms with Gasteiger partial charge in [-0.2, -0.15) is 5.26 Å². The van der Waals surface area contributed by atoms with Gasteiger partial charge in [-0.15, -0.1) is 11.3 Å². The zero-order valence-electron chi connectivity index (χ0n) is 17.2. The van der Waals surface area contributed by atoms with Crippen molar-refractivity contribution in [1.29, 1.82) is 5.26 Å². The maximum Gasteiger partial charge on any atom is 0.410 e. The third kappa shape index (κ3) is 5.05. The number of fused-ring (bicyclic) bond motifs is 1. The summed E-state index contributed by atoms with van der Waals surface area (Å²) in [5.74, 6) is -0.310. The van der Waals surface area contributed by atoms with Crippen molar-refractivity contribution in [1.82, 2.24) is 9.88 Å². The van der Waals surface area contributed by atoms with Crippen LogP contribution in [0.25, 0.3) is 6.08 Å². The molecule has 1 atom stereocenters. The lowest BCUT2D eigenvalue weighted by Gasteiger charge is -2.27. The molecule has 7 nitrogen and oxygen atoms in total. The molecule has 1 aliphatic carbocycles. The molecule has 2 aromatic heterocycles. The Hall–Kier alpha value is -3.18. The molecule has 1 aliphatic rings. The lowest BCUT2D eigenvalue weighted by molar-refractivity contribution is -0.111. The predicted octanol–water partition coefficient (Wildman–Crippen LogP) is 4.00. The molecule has 0 fully saturated rings. The van der Waals surface area contributed by atoms with Gasteiger partial charge in [0.15, 0.2) is 0 Å². The number of ether oxygens (including phenoxy) is 1. The number of nitrogens with one attached hydrogen (secondary N) is 1. The van der Waals surface area contributed by atoms with E-state index >= 15 is 0 Å². The van der Waals surface area contributed by atoms with Gasteiger partial charge in [0.2, 0.25) is 5.91 Å². The van der Waals surface area contributed by atoms with Gasteiger partial charge >= 0.3 is 6.09 Å². The van der Waals surface area contributed by atoms with Gasteiger partial charge in [-0.3, -0.25) is 9.78 Å². The molecule has 8 heteroatoms. The highest BCUT2D eigenvalue weighted by molar-refractivity contribution is 7.16. The Bertz CT molecular complexity index is 992. The summed E-state index contributed by atoms with van der Waals surface area (Å²) in [5.41, 5.74) is 2.26. The standard InChI is InChI=1S/C22H24N4O3S/c1-14(2)26(3)22(28)29-16-7-8-17-18(12-23)21(30-19(17)11-16)25-20(27)9-6-15-5-4-10-24-13-15/h4-6,9-10,13-14,16H,7-8,11H2,1-3H3,(H,25,27). The zero-order valence-corrected chi connectivity index (χ0v) is 18.0. The zero-order chi connectivity index (χ0) is 21.7. The topological polar surface area (TPSA) is 95.3 Å². The van der Waals surface area contributed by atoms with Gasteiger partial charge in [0, 0.05) is 42.9 Å². The molecular formula is C22H24N4O3S. The number of hydrogen-bond acceptors (Lipinski definition) is 6. The van der Waals surface area contributed by atoms with Crippen molar-refractivity contribution in [2.45, 2.75) is 45.3 Å². The lowest BCUT2D eigenvalue weighted by Crippen LogP contribution is -2.37. The van der Waals surface area contributed by atoms with Gasteiger partial charge in [0.25, 0.3) is 0 Å². The number of anilines is 1. The van der Waals surface area contributed by atoms with Gasteiger partial charge in [0.05, 0.1) is 5.56 Å². The molecule has 0 aromatic carbocycles. The van der Waals surface area contributed by atoms with Crippen LogP contribution in [0.5, 0.6) is 0 Å². The fourth-order valence-corrected chi connectivity index (χ4v) is 4.36. The molecule has 0 aliphatic heterocycles. The van der Waals surface area contributed by atoms with Crippen LogP contribution in [0.3, 0.4) is 0 Å². The number of aromatic nitrogens is 1. The van der Waals surface area contributed by atoms with Crippen LogP contribution in [-0.2, 0) is 22.4 Å². The van der Waals surface area contributed by atoms with E-state index in [1.54, 1.807) is 36.5 Å². The first-order chi connectivity index (χ1) is 14.4. The van der Waals surface area contributed by atoms with Gasteiger partial charge in [-0.25, -0.2) is 4.79 Å². The van der Waals surface area contributed by atoms with E-state index in [4.69, 9.17) is 4.74 Å². The summed E-state index contributed by atoms with van der Waals surface area (Å²) in [5, 5.41) is 13.0. The summed E-state index contributed by atoms with van der Waals surface area (Å²) < 4.78 is 5.63. The Morgan fingerprint density at radius 2 is 2.27 bits per heavy atom. The first-order valence-corrected chi connectivity index (χ1v) is 10.6. The number of carbonyl (C=O) groups is 2. The predicted molar refractivity (Wildman–Crippen MR) is 116 cm³/mol. The molecular weight excluding hydrogens is 400 g/mol. The maximum atomic E-state index is 12.3. The quantitative estimate of drug-likeness (QED) is 0.732. The first-order valence-electron chi connectivity index (χ1n) is 9.76. The van der Waals surface area contributed by atoms with Crippen molar-refractivity contribution in [3.8, 4) is 6.07 Å². The summed E-state index contributed by atoms with van der Waals surface area (Å²) in [6, 6.07) is 5.92. The molecule has 30 heavy (non-hydrogen) atoms. The summed E-state index contributed by atoms with van der Waals surface area (Å²) in [4.78, 5) is 31.1. The Morgan fingerprint density at radius 3 is 2.93 bits per heavy atom. The normalized spacial score (nSPS) is 15.5. The average Bonchev–Trinajstić information content (AvgIpc) is 3.08. The van der Waals surface area contributed by atoms with E-state index in [2.05, 4.69) is 16.4 Å². The van der Waals surface area contributed by atoms with E-state index in [0.29, 0.717) is 29.8 Å². The fourth-order valence-electron chi connectivity index (χ4n) is 3.10. The molecule has 0 spiro atoms. The number of nitrogens with zero attached hydrogens (tertiary/aromatic N) is 3. The maximum absolute atomic E-state index is 12.3. The minimum absolute atomic E-state index is 0.0603. The number of pyridine rings is 1. The van der Waals surface area contributed by atoms with Gasteiger partial charge < -0.3 is 15.0 Å². The Morgan fingerprint density at radius 1 is 1.47 bits per heavy atom. The molecule has 0 radical (unpaired) electrons. The monoisotopic (exact) mass is 424 g/mol. The average molecular weight is 425 g/mol. The molecule has 3 rings (SSSR count). The molecule has 0 saturated heterocycles. The Kier molecular flexibility index (Phi) is 6.85. The van der Waals surface area contributed by atoms with E-state index in [-0.39, 0.29) is 24.1 Å². The molecule has 2 heterocycles. The highest BCUT2D eigenvalue weighted by Crippen LogP contribution is 2.38. The molecule has 1 N–H and O–H groups in total. The molecule has 0 saturated carbocycles. The highest BCUT2D eigenvalue weighted by Gasteiger charge is 2.29. The van der Waals surface area contributed by atoms with E-state index < -0.39 is 0 Å². The van der Waals surface area contributed by atoms with Crippen LogP contribution < -0.4 is 5.32 Å². The number of carbonyl (C=O) groups excluding carboxylic acids is 2. The highest BCUT2D eigenvalue weighted by atomic mass is 32.1. The van der Waals surface area contributed by atoms with E-state index in [9.17, 15) is 14.9 Å². The van der Waals surface area contributed by atoms with Crippen molar-refractivity contribution in [2.24, 2.45) is 0 Å². The number of thiophene rings is 1. The van der Waals surface area contributed by atoms with Gasteiger partial charge in [0.1, 0.15) is 17.2 Å². The van der Waals surface area contributed by atoms with Crippen LogP contribution in [0.2, 0.25) is 0 Å².